The second-order valence-corrected chi connectivity index (χ2v) is 6.78. The highest BCUT2D eigenvalue weighted by Gasteiger charge is 2.50. The predicted molar refractivity (Wildman–Crippen MR) is 99.0 cm³/mol. The fourth-order valence-electron chi connectivity index (χ4n) is 3.13. The van der Waals surface area contributed by atoms with Gasteiger partial charge in [0.25, 0.3) is 5.91 Å². The Bertz CT molecular complexity index is 928. The van der Waals surface area contributed by atoms with Gasteiger partial charge in [-0.2, -0.15) is 0 Å². The Morgan fingerprint density at radius 3 is 2.48 bits per heavy atom. The molecule has 8 heteroatoms. The van der Waals surface area contributed by atoms with E-state index in [0.717, 1.165) is 6.07 Å². The molecule has 0 aliphatic carbocycles. The van der Waals surface area contributed by atoms with Gasteiger partial charge in [0.05, 0.1) is 0 Å². The van der Waals surface area contributed by atoms with Crippen LogP contribution in [0.1, 0.15) is 23.6 Å². The minimum atomic E-state index is -1.59. The lowest BCUT2D eigenvalue weighted by molar-refractivity contribution is -0.129. The Morgan fingerprint density at radius 1 is 1.26 bits per heavy atom. The molecule has 1 amide bonds. The third-order valence-corrected chi connectivity index (χ3v) is 4.62. The molecule has 0 saturated carbocycles. The van der Waals surface area contributed by atoms with Gasteiger partial charge >= 0.3 is 0 Å². The average Bonchev–Trinajstić information content (AvgIpc) is 2.80. The summed E-state index contributed by atoms with van der Waals surface area (Å²) in [7, 11) is 1.49. The molecule has 2 unspecified atom stereocenters. The summed E-state index contributed by atoms with van der Waals surface area (Å²) in [6.45, 7) is 2.98. The number of hydrogen-bond donors (Lipinski definition) is 1. The number of carbonyl (C=O) groups is 1. The molecule has 2 aromatic carbocycles. The Kier molecular flexibility index (Phi) is 4.82. The highest BCUT2D eigenvalue weighted by atomic mass is 35.5. The maximum Gasteiger partial charge on any atom is 0.266 e. The van der Waals surface area contributed by atoms with Crippen molar-refractivity contribution in [1.29, 1.82) is 0 Å². The summed E-state index contributed by atoms with van der Waals surface area (Å²) in [5, 5.41) is 0.128. The molecule has 27 heavy (non-hydrogen) atoms. The second-order valence-electron chi connectivity index (χ2n) is 6.34. The number of benzene rings is 2. The van der Waals surface area contributed by atoms with Crippen LogP contribution in [0.15, 0.2) is 41.4 Å². The van der Waals surface area contributed by atoms with Crippen molar-refractivity contribution in [3.63, 3.8) is 0 Å². The fraction of sp³-hybridized carbons (Fsp3) is 0.263. The van der Waals surface area contributed by atoms with Crippen molar-refractivity contribution in [1.82, 2.24) is 4.90 Å². The summed E-state index contributed by atoms with van der Waals surface area (Å²) in [6, 6.07) is 8.58. The summed E-state index contributed by atoms with van der Waals surface area (Å²) in [6.07, 6.45) is -1.49. The van der Waals surface area contributed by atoms with Crippen LogP contribution in [0.25, 0.3) is 0 Å². The minimum Gasteiger partial charge on any atom is -0.460 e. The van der Waals surface area contributed by atoms with E-state index in [1.54, 1.807) is 25.1 Å². The number of nitrogens with two attached hydrogens (primary N) is 1. The second kappa shape index (κ2) is 6.81. The highest BCUT2D eigenvalue weighted by Crippen LogP contribution is 2.41. The monoisotopic (exact) mass is 393 g/mol. The van der Waals surface area contributed by atoms with Crippen molar-refractivity contribution in [2.24, 2.45) is 10.7 Å². The molecule has 1 aliphatic rings. The first-order valence-electron chi connectivity index (χ1n) is 8.17. The van der Waals surface area contributed by atoms with Crippen LogP contribution < -0.4 is 10.5 Å². The molecule has 1 aliphatic heterocycles. The van der Waals surface area contributed by atoms with E-state index in [1.165, 1.54) is 31.0 Å². The molecule has 3 rings (SSSR count). The summed E-state index contributed by atoms with van der Waals surface area (Å²) in [5.41, 5.74) is 5.58. The molecule has 1 heterocycles. The van der Waals surface area contributed by atoms with Crippen molar-refractivity contribution in [2.45, 2.75) is 25.7 Å². The molecule has 0 spiro atoms. The molecule has 0 fully saturated rings. The first-order valence-corrected chi connectivity index (χ1v) is 8.55. The zero-order valence-electron chi connectivity index (χ0n) is 15.0. The number of ether oxygens (including phenoxy) is 1. The van der Waals surface area contributed by atoms with E-state index in [4.69, 9.17) is 22.1 Å². The van der Waals surface area contributed by atoms with E-state index in [-0.39, 0.29) is 16.5 Å². The van der Waals surface area contributed by atoms with Gasteiger partial charge in [0.15, 0.2) is 11.5 Å². The summed E-state index contributed by atoms with van der Waals surface area (Å²) >= 11 is 6.01. The van der Waals surface area contributed by atoms with E-state index in [2.05, 4.69) is 4.99 Å². The van der Waals surface area contributed by atoms with E-state index in [1.807, 2.05) is 0 Å². The van der Waals surface area contributed by atoms with E-state index in [0.29, 0.717) is 16.9 Å². The largest absolute Gasteiger partial charge is 0.460 e. The van der Waals surface area contributed by atoms with Gasteiger partial charge in [-0.25, -0.2) is 13.8 Å². The van der Waals surface area contributed by atoms with Gasteiger partial charge in [0, 0.05) is 19.0 Å². The van der Waals surface area contributed by atoms with Crippen molar-refractivity contribution in [3.8, 4) is 5.75 Å². The van der Waals surface area contributed by atoms with Gasteiger partial charge in [-0.3, -0.25) is 9.69 Å². The smallest absolute Gasteiger partial charge is 0.266 e. The summed E-state index contributed by atoms with van der Waals surface area (Å²) < 4.78 is 32.3. The zero-order valence-corrected chi connectivity index (χ0v) is 15.7. The number of hydrogen-bond acceptors (Lipinski definition) is 4. The van der Waals surface area contributed by atoms with Crippen LogP contribution in [-0.4, -0.2) is 30.2 Å². The number of aryl methyl sites for hydroxylation is 1. The minimum absolute atomic E-state index is 0.00394. The summed E-state index contributed by atoms with van der Waals surface area (Å²) in [4.78, 5) is 18.7. The predicted octanol–water partition coefficient (Wildman–Crippen LogP) is 3.51. The van der Waals surface area contributed by atoms with Crippen LogP contribution in [0.4, 0.5) is 8.78 Å². The Morgan fingerprint density at radius 2 is 1.96 bits per heavy atom. The Labute approximate surface area is 160 Å². The quantitative estimate of drug-likeness (QED) is 0.864. The topological polar surface area (TPSA) is 67.9 Å². The molecule has 0 aromatic heterocycles. The van der Waals surface area contributed by atoms with Crippen molar-refractivity contribution in [2.75, 3.05) is 7.05 Å². The van der Waals surface area contributed by atoms with E-state index < -0.39 is 23.6 Å². The lowest BCUT2D eigenvalue weighted by atomic mass is 9.82. The molecule has 0 radical (unpaired) electrons. The van der Waals surface area contributed by atoms with E-state index in [9.17, 15) is 13.6 Å². The molecular weight excluding hydrogens is 376 g/mol. The van der Waals surface area contributed by atoms with Crippen molar-refractivity contribution >= 4 is 23.5 Å². The Balaban J connectivity index is 2.24. The molecule has 2 atom stereocenters. The molecule has 2 aromatic rings. The number of guanidine groups is 1. The van der Waals surface area contributed by atoms with Crippen LogP contribution in [0.5, 0.6) is 5.75 Å². The van der Waals surface area contributed by atoms with Crippen LogP contribution in [-0.2, 0) is 10.3 Å². The zero-order chi connectivity index (χ0) is 19.9. The molecule has 0 saturated heterocycles. The van der Waals surface area contributed by atoms with Gasteiger partial charge in [0.1, 0.15) is 11.6 Å². The highest BCUT2D eigenvalue weighted by molar-refractivity contribution is 6.30. The number of alkyl halides is 1. The lowest BCUT2D eigenvalue weighted by Crippen LogP contribution is -2.41. The molecular formula is C19H18ClF2N3O2. The van der Waals surface area contributed by atoms with Crippen molar-refractivity contribution in [3.05, 3.63) is 63.9 Å². The van der Waals surface area contributed by atoms with Gasteiger partial charge in [0.2, 0.25) is 6.36 Å². The fourth-order valence-corrected chi connectivity index (χ4v) is 3.35. The maximum atomic E-state index is 14.0. The molecule has 2 N–H and O–H groups in total. The number of halogens is 3. The first kappa shape index (κ1) is 19.1. The van der Waals surface area contributed by atoms with Crippen LogP contribution >= 0.6 is 11.6 Å². The van der Waals surface area contributed by atoms with Crippen LogP contribution in [0, 0.1) is 12.7 Å². The van der Waals surface area contributed by atoms with Gasteiger partial charge in [-0.05, 0) is 53.9 Å². The third kappa shape index (κ3) is 3.23. The number of aliphatic imine (C=N–C) groups is 1. The first-order chi connectivity index (χ1) is 12.6. The molecule has 5 nitrogen and oxygen atoms in total. The van der Waals surface area contributed by atoms with Crippen LogP contribution in [0.2, 0.25) is 5.02 Å². The van der Waals surface area contributed by atoms with Crippen molar-refractivity contribution < 1.29 is 18.3 Å². The van der Waals surface area contributed by atoms with Gasteiger partial charge in [-0.1, -0.05) is 17.7 Å². The third-order valence-electron chi connectivity index (χ3n) is 4.40. The number of rotatable bonds is 4. The van der Waals surface area contributed by atoms with Gasteiger partial charge in [-0.15, -0.1) is 0 Å². The normalized spacial score (nSPS) is 20.6. The molecule has 142 valence electrons. The van der Waals surface area contributed by atoms with Gasteiger partial charge < -0.3 is 10.5 Å². The number of likely N-dealkylation sites (N-methyl/N-ethyl adjacent to an activating group) is 1. The SMILES string of the molecule is Cc1cc(C2(c3cc(F)cc(Cl)c3)N=C(N)N(C)C2=O)ccc1OC(C)F. The Hall–Kier alpha value is -2.67. The lowest BCUT2D eigenvalue weighted by Gasteiger charge is -2.27. The number of carbonyl (C=O) groups excluding carboxylic acids is 1. The number of nitrogens with zero attached hydrogens (tertiary/aromatic N) is 2. The van der Waals surface area contributed by atoms with Crippen LogP contribution in [0.3, 0.4) is 0 Å². The van der Waals surface area contributed by atoms with E-state index >= 15 is 0 Å². The number of amides is 1. The average molecular weight is 394 g/mol. The standard InChI is InChI=1S/C19H18ClF2N3O2/c1-10-6-12(4-5-16(10)27-11(2)21)19(17(26)25(3)18(23)24-19)13-7-14(20)9-15(22)8-13/h4-9,11H,1-3H3,(H2,23,24). The maximum absolute atomic E-state index is 14.0. The summed E-state index contributed by atoms with van der Waals surface area (Å²) in [5.74, 6) is -0.725. The molecule has 0 bridgehead atoms.